The van der Waals surface area contributed by atoms with Gasteiger partial charge in [-0.15, -0.1) is 0 Å². The minimum Gasteiger partial charge on any atom is -1.00 e. The Kier molecular flexibility index (Phi) is 18.6. The molecule has 3 nitrogen and oxygen atoms in total. The second-order valence-corrected chi connectivity index (χ2v) is 3.60. The van der Waals surface area contributed by atoms with Crippen molar-refractivity contribution in [3.63, 3.8) is 0 Å². The van der Waals surface area contributed by atoms with Gasteiger partial charge in [0.25, 0.3) is 0 Å². The fourth-order valence-electron chi connectivity index (χ4n) is 1.04. The van der Waals surface area contributed by atoms with Crippen molar-refractivity contribution in [1.29, 1.82) is 0 Å². The fraction of sp³-hybridized carbons (Fsp3) is 0.900. The van der Waals surface area contributed by atoms with Crippen LogP contribution in [0.1, 0.15) is 27.1 Å². The first-order valence-electron chi connectivity index (χ1n) is 4.90. The third-order valence-corrected chi connectivity index (χ3v) is 2.32. The number of hydrogen-bond donors (Lipinski definition) is 0. The molecule has 0 aromatic carbocycles. The maximum absolute atomic E-state index is 4.94. The van der Waals surface area contributed by atoms with Crippen LogP contribution in [-0.2, 0) is 14.2 Å². The zero-order valence-electron chi connectivity index (χ0n) is 10.7. The van der Waals surface area contributed by atoms with E-state index in [-0.39, 0.29) is 30.8 Å². The van der Waals surface area contributed by atoms with Crippen LogP contribution in [0.2, 0.25) is 0 Å². The van der Waals surface area contributed by atoms with Gasteiger partial charge in [-0.05, 0) is 19.3 Å². The number of hydrogen-bond acceptors (Lipinski definition) is 3. The van der Waals surface area contributed by atoms with E-state index in [9.17, 15) is 0 Å². The summed E-state index contributed by atoms with van der Waals surface area (Å²) in [7, 11) is 3.28. The summed E-state index contributed by atoms with van der Waals surface area (Å²) in [6.07, 6.45) is 4.36. The molecule has 0 aromatic heterocycles. The first-order chi connectivity index (χ1) is 6.85. The summed E-state index contributed by atoms with van der Waals surface area (Å²) in [4.78, 5) is 0. The molecule has 1 heterocycles. The third-order valence-electron chi connectivity index (χ3n) is 1.86. The van der Waals surface area contributed by atoms with Gasteiger partial charge in [-0.25, -0.2) is 0 Å². The maximum Gasteiger partial charge on any atom is 2.00 e. The molecule has 15 heavy (non-hydrogen) atoms. The van der Waals surface area contributed by atoms with Crippen LogP contribution in [-0.4, -0.2) is 56.8 Å². The van der Waals surface area contributed by atoms with Gasteiger partial charge in [0.05, 0.1) is 0 Å². The quantitative estimate of drug-likeness (QED) is 0.443. The minimum atomic E-state index is -0.0567. The third kappa shape index (κ3) is 13.1. The molecular formula is C10H21BrMgO3. The molecule has 0 amide bonds. The minimum absolute atomic E-state index is 0. The van der Waals surface area contributed by atoms with Crippen LogP contribution in [0.5, 0.6) is 0 Å². The van der Waals surface area contributed by atoms with Crippen molar-refractivity contribution in [3.8, 4) is 0 Å². The monoisotopic (exact) mass is 292 g/mol. The Morgan fingerprint density at radius 1 is 1.33 bits per heavy atom. The van der Waals surface area contributed by atoms with E-state index < -0.39 is 0 Å². The average Bonchev–Trinajstić information content (AvgIpc) is 2.78. The largest absolute Gasteiger partial charge is 2.00 e. The normalized spacial score (nSPS) is 14.4. The van der Waals surface area contributed by atoms with Gasteiger partial charge in [0.1, 0.15) is 0 Å². The summed E-state index contributed by atoms with van der Waals surface area (Å²) in [5.74, 6) is 0. The van der Waals surface area contributed by atoms with Crippen molar-refractivity contribution >= 4 is 39.0 Å². The predicted octanol–water partition coefficient (Wildman–Crippen LogP) is 2.47. The van der Waals surface area contributed by atoms with Crippen molar-refractivity contribution in [2.45, 2.75) is 32.0 Å². The molecule has 0 N–H and O–H groups in total. The van der Waals surface area contributed by atoms with Crippen LogP contribution >= 0.6 is 15.9 Å². The zero-order valence-corrected chi connectivity index (χ0v) is 12.7. The molecule has 1 aliphatic rings. The van der Waals surface area contributed by atoms with Crippen LogP contribution in [0.4, 0.5) is 0 Å². The summed E-state index contributed by atoms with van der Waals surface area (Å²) >= 11 is 3.20. The second-order valence-electron chi connectivity index (χ2n) is 2.95. The Bertz CT molecular complexity index is 107. The topological polar surface area (TPSA) is 27.7 Å². The Labute approximate surface area is 119 Å². The number of halogens is 1. The molecule has 0 aromatic rings. The van der Waals surface area contributed by atoms with E-state index in [1.807, 2.05) is 5.33 Å². The summed E-state index contributed by atoms with van der Waals surface area (Å²) in [5.41, 5.74) is 0. The van der Waals surface area contributed by atoms with E-state index >= 15 is 0 Å². The predicted molar refractivity (Wildman–Crippen MR) is 67.2 cm³/mol. The van der Waals surface area contributed by atoms with Crippen molar-refractivity contribution in [2.24, 2.45) is 0 Å². The first kappa shape index (κ1) is 18.5. The van der Waals surface area contributed by atoms with Gasteiger partial charge in [0.15, 0.2) is 6.29 Å². The Morgan fingerprint density at radius 2 is 1.87 bits per heavy atom. The summed E-state index contributed by atoms with van der Waals surface area (Å²) in [6.45, 7) is 2.00. The molecular weight excluding hydrogens is 272 g/mol. The number of ether oxygens (including phenoxy) is 3. The molecule has 0 bridgehead atoms. The molecule has 5 heteroatoms. The molecule has 0 saturated carbocycles. The van der Waals surface area contributed by atoms with Gasteiger partial charge < -0.3 is 31.6 Å². The van der Waals surface area contributed by atoms with E-state index in [1.165, 1.54) is 12.8 Å². The standard InChI is InChI=1S/C6H12BrO2.C4H8O.Mg.H/c1-8-6(9-2)4-3-5-7;1-2-4-5-3-1;;/h5-6H,3-4H2,1-2H3;1-4H2;;/q-1;;+2;-1. The van der Waals surface area contributed by atoms with Crippen LogP contribution in [0.3, 0.4) is 0 Å². The van der Waals surface area contributed by atoms with Gasteiger partial charge >= 0.3 is 23.1 Å². The summed E-state index contributed by atoms with van der Waals surface area (Å²) < 4.78 is 14.8. The smallest absolute Gasteiger partial charge is 1.00 e. The second kappa shape index (κ2) is 15.1. The fourth-order valence-corrected chi connectivity index (χ4v) is 1.31. The van der Waals surface area contributed by atoms with E-state index in [0.717, 1.165) is 26.1 Å². The van der Waals surface area contributed by atoms with E-state index in [4.69, 9.17) is 14.2 Å². The van der Waals surface area contributed by atoms with Gasteiger partial charge in [-0.3, -0.25) is 5.33 Å². The van der Waals surface area contributed by atoms with Crippen LogP contribution < -0.4 is 0 Å². The molecule has 1 rings (SSSR count). The van der Waals surface area contributed by atoms with Crippen molar-refractivity contribution in [1.82, 2.24) is 0 Å². The summed E-state index contributed by atoms with van der Waals surface area (Å²) in [5, 5.41) is 1.91. The van der Waals surface area contributed by atoms with Crippen LogP contribution in [0, 0.1) is 5.33 Å². The molecule has 0 unspecified atom stereocenters. The zero-order chi connectivity index (χ0) is 10.6. The molecule has 0 atom stereocenters. The Balaban J connectivity index is -0.000000208. The van der Waals surface area contributed by atoms with Gasteiger partial charge in [0.2, 0.25) is 0 Å². The van der Waals surface area contributed by atoms with E-state index in [1.54, 1.807) is 14.2 Å². The molecule has 1 saturated heterocycles. The Hall–Kier alpha value is 1.13. The van der Waals surface area contributed by atoms with Gasteiger partial charge in [-0.1, -0.05) is 0 Å². The molecule has 88 valence electrons. The molecule has 1 aliphatic heterocycles. The number of rotatable bonds is 5. The molecule has 1 fully saturated rings. The average molecular weight is 293 g/mol. The summed E-state index contributed by atoms with van der Waals surface area (Å²) in [6, 6.07) is 0. The van der Waals surface area contributed by atoms with E-state index in [2.05, 4.69) is 15.9 Å². The molecule has 0 spiro atoms. The first-order valence-corrected chi connectivity index (χ1v) is 5.82. The van der Waals surface area contributed by atoms with Crippen LogP contribution in [0.15, 0.2) is 0 Å². The van der Waals surface area contributed by atoms with Crippen molar-refractivity contribution in [2.75, 3.05) is 27.4 Å². The number of methoxy groups -OCH3 is 2. The van der Waals surface area contributed by atoms with Crippen LogP contribution in [0.25, 0.3) is 0 Å². The van der Waals surface area contributed by atoms with Gasteiger partial charge in [-0.2, -0.15) is 6.42 Å². The van der Waals surface area contributed by atoms with E-state index in [0.29, 0.717) is 0 Å². The van der Waals surface area contributed by atoms with Crippen molar-refractivity contribution < 1.29 is 15.6 Å². The SMILES string of the molecule is C1CCOC1.COC(CC[CH-]Br)OC.[H-].[Mg+2]. The Morgan fingerprint density at radius 3 is 2.13 bits per heavy atom. The molecule has 0 radical (unpaired) electrons. The molecule has 0 aliphatic carbocycles. The maximum atomic E-state index is 4.94. The van der Waals surface area contributed by atoms with Gasteiger partial charge in [0, 0.05) is 27.4 Å². The van der Waals surface area contributed by atoms with Crippen molar-refractivity contribution in [3.05, 3.63) is 5.33 Å².